The molecule has 0 saturated carbocycles. The Kier molecular flexibility index (Phi) is 9.32. The van der Waals surface area contributed by atoms with E-state index in [0.29, 0.717) is 6.61 Å². The van der Waals surface area contributed by atoms with E-state index in [4.69, 9.17) is 9.72 Å². The number of aliphatic imine (C=N–C) groups is 1. The molecule has 2 heterocycles. The maximum atomic E-state index is 6.06. The van der Waals surface area contributed by atoms with Crippen molar-refractivity contribution in [2.75, 3.05) is 25.0 Å². The summed E-state index contributed by atoms with van der Waals surface area (Å²) in [4.78, 5) is 14.6. The minimum atomic E-state index is 0.650. The van der Waals surface area contributed by atoms with Crippen LogP contribution in [0.1, 0.15) is 51.7 Å². The normalized spacial score (nSPS) is 15.9. The number of nitrogens with zero attached hydrogens (tertiary/aromatic N) is 3. The fraction of sp³-hybridized carbons (Fsp3) is 0.357. The number of allylic oxidation sites excluding steroid dienone is 4. The summed E-state index contributed by atoms with van der Waals surface area (Å²) in [6.07, 6.45) is 13.9. The molecule has 34 heavy (non-hydrogen) atoms. The summed E-state index contributed by atoms with van der Waals surface area (Å²) < 4.78 is 6.06. The van der Waals surface area contributed by atoms with Gasteiger partial charge in [0.05, 0.1) is 17.2 Å². The number of fused-ring (bicyclic) bond motifs is 1. The topological polar surface area (TPSA) is 65.5 Å². The Hall–Kier alpha value is -3.54. The second-order valence-corrected chi connectivity index (χ2v) is 8.18. The number of imidazole rings is 1. The summed E-state index contributed by atoms with van der Waals surface area (Å²) in [7, 11) is 0. The number of anilines is 1. The summed E-state index contributed by atoms with van der Waals surface area (Å²) in [5, 5.41) is 5.30. The van der Waals surface area contributed by atoms with Crippen LogP contribution < -0.4 is 20.8 Å². The molecule has 0 unspecified atom stereocenters. The number of nitrogens with one attached hydrogen (secondary N) is 2. The number of benzene rings is 1. The fourth-order valence-electron chi connectivity index (χ4n) is 3.88. The van der Waals surface area contributed by atoms with Gasteiger partial charge < -0.3 is 19.9 Å². The first-order valence-corrected chi connectivity index (χ1v) is 12.1. The molecule has 1 aromatic heterocycles. The Morgan fingerprint density at radius 2 is 2.21 bits per heavy atom. The zero-order valence-electron chi connectivity index (χ0n) is 20.9. The van der Waals surface area contributed by atoms with Crippen LogP contribution in [-0.2, 0) is 6.54 Å². The van der Waals surface area contributed by atoms with E-state index in [1.54, 1.807) is 12.4 Å². The third-order valence-electron chi connectivity index (χ3n) is 5.72. The Labute approximate surface area is 203 Å². The third-order valence-corrected chi connectivity index (χ3v) is 5.72. The van der Waals surface area contributed by atoms with Gasteiger partial charge in [-0.05, 0) is 62.6 Å². The molecule has 1 aliphatic rings. The highest BCUT2D eigenvalue weighted by Crippen LogP contribution is 2.29. The molecule has 0 fully saturated rings. The molecule has 1 aromatic carbocycles. The highest BCUT2D eigenvalue weighted by molar-refractivity contribution is 5.88. The Morgan fingerprint density at radius 1 is 1.35 bits per heavy atom. The lowest BCUT2D eigenvalue weighted by molar-refractivity contribution is 0.264. The smallest absolute Gasteiger partial charge is 0.201 e. The van der Waals surface area contributed by atoms with Gasteiger partial charge in [-0.25, -0.2) is 4.98 Å². The second kappa shape index (κ2) is 12.6. The maximum Gasteiger partial charge on any atom is 0.201 e. The van der Waals surface area contributed by atoms with E-state index < -0.39 is 0 Å². The number of aromatic nitrogens is 2. The minimum absolute atomic E-state index is 0.650. The molecular formula is C28H37N5O. The quantitative estimate of drug-likeness (QED) is 0.537. The molecule has 0 amide bonds. The molecule has 180 valence electrons. The van der Waals surface area contributed by atoms with E-state index in [1.807, 2.05) is 6.08 Å². The highest BCUT2D eigenvalue weighted by Gasteiger charge is 2.16. The molecule has 0 aliphatic carbocycles. The van der Waals surface area contributed by atoms with Gasteiger partial charge in [0.1, 0.15) is 12.4 Å². The highest BCUT2D eigenvalue weighted by atomic mass is 16.5. The number of rotatable bonds is 9. The molecule has 0 saturated heterocycles. The number of hydrogen-bond acceptors (Lipinski definition) is 5. The molecule has 3 rings (SSSR count). The van der Waals surface area contributed by atoms with E-state index in [2.05, 4.69) is 90.9 Å². The summed E-state index contributed by atoms with van der Waals surface area (Å²) in [5.41, 5.74) is 4.62. The van der Waals surface area contributed by atoms with Crippen molar-refractivity contribution in [1.29, 1.82) is 0 Å². The van der Waals surface area contributed by atoms with Crippen molar-refractivity contribution in [2.45, 2.75) is 47.1 Å². The Balaban J connectivity index is 1.96. The van der Waals surface area contributed by atoms with Crippen molar-refractivity contribution in [3.8, 4) is 5.75 Å². The molecular weight excluding hydrogens is 422 g/mol. The van der Waals surface area contributed by atoms with Crippen molar-refractivity contribution in [3.63, 3.8) is 0 Å². The SMILES string of the molecule is C=CN=C/C=C(\C)N1CCOc2ccc(C(=C/C)/C=c3/[nH]c(NCC)n/c3=C\CCC)cc2C1. The van der Waals surface area contributed by atoms with Crippen molar-refractivity contribution in [3.05, 3.63) is 70.7 Å². The van der Waals surface area contributed by atoms with Crippen molar-refractivity contribution in [1.82, 2.24) is 14.9 Å². The van der Waals surface area contributed by atoms with Crippen LogP contribution >= 0.6 is 0 Å². The van der Waals surface area contributed by atoms with Crippen LogP contribution in [0.2, 0.25) is 0 Å². The number of aromatic amines is 1. The number of unbranched alkanes of at least 4 members (excludes halogenated alkanes) is 1. The van der Waals surface area contributed by atoms with Crippen LogP contribution in [-0.4, -0.2) is 40.8 Å². The molecule has 6 nitrogen and oxygen atoms in total. The van der Waals surface area contributed by atoms with Gasteiger partial charge >= 0.3 is 0 Å². The van der Waals surface area contributed by atoms with Gasteiger partial charge in [0.15, 0.2) is 0 Å². The van der Waals surface area contributed by atoms with Crippen molar-refractivity contribution in [2.24, 2.45) is 4.99 Å². The molecule has 6 heteroatoms. The largest absolute Gasteiger partial charge is 0.491 e. The standard InChI is InChI=1S/C28H37N5O/c1-6-10-11-25-26(32-28(31-25)30-9-4)19-22(7-2)23-12-13-27-24(18-23)20-33(16-17-34-27)21(5)14-15-29-8-3/h7-8,11-15,18-19H,3,6,9-10,16-17,20H2,1-2,4-5H3,(H2,30,31,32)/b21-14+,22-7+,25-11-,26-19+,29-15?. The van der Waals surface area contributed by atoms with Crippen molar-refractivity contribution >= 4 is 29.9 Å². The van der Waals surface area contributed by atoms with E-state index in [9.17, 15) is 0 Å². The lowest BCUT2D eigenvalue weighted by Gasteiger charge is -2.22. The second-order valence-electron chi connectivity index (χ2n) is 8.18. The van der Waals surface area contributed by atoms with Gasteiger partial charge in [0.2, 0.25) is 5.95 Å². The first-order valence-electron chi connectivity index (χ1n) is 12.1. The molecule has 0 spiro atoms. The van der Waals surface area contributed by atoms with Crippen LogP contribution in [0.15, 0.2) is 53.8 Å². The first-order chi connectivity index (χ1) is 16.6. The van der Waals surface area contributed by atoms with Gasteiger partial charge in [-0.2, -0.15) is 0 Å². The zero-order chi connectivity index (χ0) is 24.3. The van der Waals surface area contributed by atoms with Crippen LogP contribution in [0.4, 0.5) is 5.95 Å². The van der Waals surface area contributed by atoms with Gasteiger partial charge in [0, 0.05) is 36.8 Å². The predicted molar refractivity (Wildman–Crippen MR) is 144 cm³/mol. The molecule has 0 bridgehead atoms. The van der Waals surface area contributed by atoms with Gasteiger partial charge in [-0.15, -0.1) is 0 Å². The molecule has 0 atom stereocenters. The van der Waals surface area contributed by atoms with E-state index in [-0.39, 0.29) is 0 Å². The lowest BCUT2D eigenvalue weighted by atomic mass is 10.0. The lowest BCUT2D eigenvalue weighted by Crippen LogP contribution is -2.24. The van der Waals surface area contributed by atoms with E-state index in [1.165, 1.54) is 5.56 Å². The Morgan fingerprint density at radius 3 is 2.94 bits per heavy atom. The van der Waals surface area contributed by atoms with Crippen LogP contribution in [0, 0.1) is 0 Å². The molecule has 1 aliphatic heterocycles. The molecule has 2 N–H and O–H groups in total. The van der Waals surface area contributed by atoms with Gasteiger partial charge in [-0.3, -0.25) is 4.99 Å². The first kappa shape index (κ1) is 25.1. The zero-order valence-corrected chi connectivity index (χ0v) is 20.9. The number of H-pyrrole nitrogens is 1. The average Bonchev–Trinajstić information content (AvgIpc) is 3.08. The average molecular weight is 460 g/mol. The maximum absolute atomic E-state index is 6.06. The van der Waals surface area contributed by atoms with Crippen LogP contribution in [0.25, 0.3) is 17.7 Å². The number of ether oxygens (including phenoxy) is 1. The van der Waals surface area contributed by atoms with Gasteiger partial charge in [-0.1, -0.05) is 38.1 Å². The predicted octanol–water partition coefficient (Wildman–Crippen LogP) is 4.62. The Bertz CT molecular complexity index is 1190. The summed E-state index contributed by atoms with van der Waals surface area (Å²) in [6, 6.07) is 6.46. The monoisotopic (exact) mass is 459 g/mol. The number of hydrogen-bond donors (Lipinski definition) is 2. The van der Waals surface area contributed by atoms with E-state index in [0.717, 1.165) is 71.7 Å². The van der Waals surface area contributed by atoms with Gasteiger partial charge in [0.25, 0.3) is 0 Å². The molecule has 2 aromatic rings. The van der Waals surface area contributed by atoms with E-state index >= 15 is 0 Å². The summed E-state index contributed by atoms with van der Waals surface area (Å²) in [5.74, 6) is 1.75. The van der Waals surface area contributed by atoms with Crippen molar-refractivity contribution < 1.29 is 4.74 Å². The molecule has 0 radical (unpaired) electrons. The summed E-state index contributed by atoms with van der Waals surface area (Å²) in [6.45, 7) is 15.1. The minimum Gasteiger partial charge on any atom is -0.491 e. The van der Waals surface area contributed by atoms with Crippen LogP contribution in [0.3, 0.4) is 0 Å². The summed E-state index contributed by atoms with van der Waals surface area (Å²) >= 11 is 0. The van der Waals surface area contributed by atoms with Crippen LogP contribution in [0.5, 0.6) is 5.75 Å². The fourth-order valence-corrected chi connectivity index (χ4v) is 3.88. The third kappa shape index (κ3) is 6.50.